The first-order valence-electron chi connectivity index (χ1n) is 7.24. The molecule has 0 aliphatic carbocycles. The van der Waals surface area contributed by atoms with Crippen LogP contribution in [0, 0.1) is 11.3 Å². The molecule has 0 amide bonds. The van der Waals surface area contributed by atoms with Crippen molar-refractivity contribution in [2.45, 2.75) is 60.3 Å². The summed E-state index contributed by atoms with van der Waals surface area (Å²) >= 11 is 0. The molecule has 0 radical (unpaired) electrons. The average Bonchev–Trinajstić information content (AvgIpc) is 2.26. The fourth-order valence-corrected chi connectivity index (χ4v) is 1.55. The zero-order valence-corrected chi connectivity index (χ0v) is 12.8. The van der Waals surface area contributed by atoms with Crippen LogP contribution in [-0.4, -0.2) is 25.7 Å². The van der Waals surface area contributed by atoms with E-state index in [0.29, 0.717) is 24.4 Å². The van der Waals surface area contributed by atoms with E-state index >= 15 is 0 Å². The Balaban J connectivity index is 3.34. The number of hydrogen-bond acceptors (Lipinski definition) is 3. The predicted molar refractivity (Wildman–Crippen MR) is 76.6 cm³/mol. The molecule has 0 saturated heterocycles. The van der Waals surface area contributed by atoms with Crippen molar-refractivity contribution in [2.75, 3.05) is 19.7 Å². The molecule has 3 heteroatoms. The van der Waals surface area contributed by atoms with Gasteiger partial charge in [-0.15, -0.1) is 0 Å². The molecular formula is C15H31NO2. The average molecular weight is 257 g/mol. The van der Waals surface area contributed by atoms with Crippen molar-refractivity contribution in [1.82, 2.24) is 5.32 Å². The Kier molecular flexibility index (Phi) is 9.08. The van der Waals surface area contributed by atoms with Crippen LogP contribution in [-0.2, 0) is 9.53 Å². The molecule has 0 aromatic rings. The maximum absolute atomic E-state index is 11.1. The van der Waals surface area contributed by atoms with E-state index in [4.69, 9.17) is 4.74 Å². The van der Waals surface area contributed by atoms with Gasteiger partial charge in [0.15, 0.2) is 0 Å². The monoisotopic (exact) mass is 257 g/mol. The Morgan fingerprint density at radius 3 is 2.44 bits per heavy atom. The lowest BCUT2D eigenvalue weighted by Gasteiger charge is -2.27. The van der Waals surface area contributed by atoms with E-state index in [1.807, 2.05) is 6.92 Å². The zero-order valence-electron chi connectivity index (χ0n) is 12.8. The summed E-state index contributed by atoms with van der Waals surface area (Å²) in [6, 6.07) is 0. The molecule has 0 fully saturated rings. The Labute approximate surface area is 113 Å². The minimum absolute atomic E-state index is 0.0631. The molecule has 0 heterocycles. The van der Waals surface area contributed by atoms with Crippen LogP contribution < -0.4 is 5.32 Å². The molecule has 0 rings (SSSR count). The van der Waals surface area contributed by atoms with E-state index in [-0.39, 0.29) is 5.97 Å². The first kappa shape index (κ1) is 17.4. The van der Waals surface area contributed by atoms with Crippen LogP contribution in [0.15, 0.2) is 0 Å². The molecule has 108 valence electrons. The van der Waals surface area contributed by atoms with Crippen LogP contribution >= 0.6 is 0 Å². The lowest BCUT2D eigenvalue weighted by molar-refractivity contribution is -0.143. The van der Waals surface area contributed by atoms with Crippen molar-refractivity contribution in [1.29, 1.82) is 0 Å². The number of nitrogens with one attached hydrogen (secondary N) is 1. The summed E-state index contributed by atoms with van der Waals surface area (Å²) in [5.41, 5.74) is 0.372. The van der Waals surface area contributed by atoms with Gasteiger partial charge in [-0.1, -0.05) is 34.1 Å². The lowest BCUT2D eigenvalue weighted by atomic mass is 9.82. The lowest BCUT2D eigenvalue weighted by Crippen LogP contribution is -2.30. The van der Waals surface area contributed by atoms with Crippen LogP contribution in [0.1, 0.15) is 60.3 Å². The Hall–Kier alpha value is -0.570. The molecular weight excluding hydrogens is 226 g/mol. The van der Waals surface area contributed by atoms with Crippen LogP contribution in [0.4, 0.5) is 0 Å². The smallest absolute Gasteiger partial charge is 0.305 e. The van der Waals surface area contributed by atoms with Crippen molar-refractivity contribution in [3.8, 4) is 0 Å². The van der Waals surface area contributed by atoms with E-state index in [9.17, 15) is 4.79 Å². The Bertz CT molecular complexity index is 221. The number of hydrogen-bond donors (Lipinski definition) is 1. The number of rotatable bonds is 9. The highest BCUT2D eigenvalue weighted by Gasteiger charge is 2.18. The third kappa shape index (κ3) is 9.46. The second kappa shape index (κ2) is 9.37. The normalized spacial score (nSPS) is 13.4. The van der Waals surface area contributed by atoms with E-state index in [2.05, 4.69) is 33.0 Å². The predicted octanol–water partition coefficient (Wildman–Crippen LogP) is 3.38. The second-order valence-corrected chi connectivity index (χ2v) is 6.09. The van der Waals surface area contributed by atoms with Crippen LogP contribution in [0.25, 0.3) is 0 Å². The van der Waals surface area contributed by atoms with Gasteiger partial charge in [0, 0.05) is 6.42 Å². The first-order chi connectivity index (χ1) is 8.38. The van der Waals surface area contributed by atoms with Crippen molar-refractivity contribution < 1.29 is 9.53 Å². The quantitative estimate of drug-likeness (QED) is 0.508. The van der Waals surface area contributed by atoms with Gasteiger partial charge < -0.3 is 10.1 Å². The molecule has 0 saturated carbocycles. The molecule has 1 atom stereocenters. The van der Waals surface area contributed by atoms with E-state index in [1.165, 1.54) is 0 Å². The molecule has 0 aromatic heterocycles. The highest BCUT2D eigenvalue weighted by Crippen LogP contribution is 2.24. The molecule has 18 heavy (non-hydrogen) atoms. The summed E-state index contributed by atoms with van der Waals surface area (Å²) in [5.74, 6) is 0.615. The number of ether oxygens (including phenoxy) is 1. The van der Waals surface area contributed by atoms with Gasteiger partial charge in [0.25, 0.3) is 0 Å². The maximum atomic E-state index is 11.1. The molecule has 0 bridgehead atoms. The molecule has 1 unspecified atom stereocenters. The molecule has 0 aliphatic rings. The van der Waals surface area contributed by atoms with Gasteiger partial charge in [0.2, 0.25) is 0 Å². The SMILES string of the molecule is CCOC(=O)CCCCCNCC(C)C(C)(C)C. The Morgan fingerprint density at radius 1 is 1.22 bits per heavy atom. The fraction of sp³-hybridized carbons (Fsp3) is 0.933. The van der Waals surface area contributed by atoms with Gasteiger partial charge in [-0.3, -0.25) is 4.79 Å². The summed E-state index contributed by atoms with van der Waals surface area (Å²) in [6.45, 7) is 13.6. The number of carbonyl (C=O) groups excluding carboxylic acids is 1. The summed E-state index contributed by atoms with van der Waals surface area (Å²) < 4.78 is 4.88. The minimum atomic E-state index is -0.0631. The van der Waals surface area contributed by atoms with E-state index < -0.39 is 0 Å². The van der Waals surface area contributed by atoms with Gasteiger partial charge in [0.05, 0.1) is 6.61 Å². The highest BCUT2D eigenvalue weighted by atomic mass is 16.5. The number of unbranched alkanes of at least 4 members (excludes halogenated alkanes) is 2. The molecule has 0 aliphatic heterocycles. The van der Waals surface area contributed by atoms with Crippen LogP contribution in [0.3, 0.4) is 0 Å². The number of esters is 1. The van der Waals surface area contributed by atoms with Crippen LogP contribution in [0.5, 0.6) is 0 Å². The third-order valence-electron chi connectivity index (χ3n) is 3.47. The molecule has 3 nitrogen and oxygen atoms in total. The Morgan fingerprint density at radius 2 is 1.89 bits per heavy atom. The zero-order chi connectivity index (χ0) is 14.0. The van der Waals surface area contributed by atoms with Crippen molar-refractivity contribution >= 4 is 5.97 Å². The van der Waals surface area contributed by atoms with Crippen molar-refractivity contribution in [3.63, 3.8) is 0 Å². The summed E-state index contributed by atoms with van der Waals surface area (Å²) in [6.07, 6.45) is 3.73. The number of carbonyl (C=O) groups is 1. The van der Waals surface area contributed by atoms with Gasteiger partial charge in [-0.25, -0.2) is 0 Å². The summed E-state index contributed by atoms with van der Waals surface area (Å²) in [4.78, 5) is 11.1. The van der Waals surface area contributed by atoms with E-state index in [0.717, 1.165) is 32.4 Å². The van der Waals surface area contributed by atoms with Gasteiger partial charge in [-0.2, -0.15) is 0 Å². The van der Waals surface area contributed by atoms with E-state index in [1.54, 1.807) is 0 Å². The standard InChI is InChI=1S/C15H31NO2/c1-6-18-14(17)10-8-7-9-11-16-12-13(2)15(3,4)5/h13,16H,6-12H2,1-5H3. The van der Waals surface area contributed by atoms with Gasteiger partial charge in [-0.05, 0) is 44.2 Å². The summed E-state index contributed by atoms with van der Waals surface area (Å²) in [5, 5.41) is 3.49. The van der Waals surface area contributed by atoms with Crippen LogP contribution in [0.2, 0.25) is 0 Å². The molecule has 0 aromatic carbocycles. The minimum Gasteiger partial charge on any atom is -0.466 e. The fourth-order valence-electron chi connectivity index (χ4n) is 1.55. The first-order valence-corrected chi connectivity index (χ1v) is 7.24. The topological polar surface area (TPSA) is 38.3 Å². The highest BCUT2D eigenvalue weighted by molar-refractivity contribution is 5.69. The van der Waals surface area contributed by atoms with Gasteiger partial charge in [0.1, 0.15) is 0 Å². The van der Waals surface area contributed by atoms with Crippen molar-refractivity contribution in [2.24, 2.45) is 11.3 Å². The molecule has 1 N–H and O–H groups in total. The molecule has 0 spiro atoms. The van der Waals surface area contributed by atoms with Gasteiger partial charge >= 0.3 is 5.97 Å². The second-order valence-electron chi connectivity index (χ2n) is 6.09. The van der Waals surface area contributed by atoms with Crippen molar-refractivity contribution in [3.05, 3.63) is 0 Å². The third-order valence-corrected chi connectivity index (χ3v) is 3.47. The summed E-state index contributed by atoms with van der Waals surface area (Å²) in [7, 11) is 0. The largest absolute Gasteiger partial charge is 0.466 e. The maximum Gasteiger partial charge on any atom is 0.305 e.